The largest absolute Gasteiger partial charge is 0.481 e. The number of carboxylic acid groups (broad SMARTS) is 8. The average Bonchev–Trinajstić information content (AvgIpc) is 1.64. The molecule has 4 saturated heterocycles. The highest BCUT2D eigenvalue weighted by Gasteiger charge is 2.49. The van der Waals surface area contributed by atoms with Crippen LogP contribution in [0.4, 0.5) is 23.3 Å². The number of anilines is 4. The van der Waals surface area contributed by atoms with E-state index in [1.165, 1.54) is 43.6 Å². The van der Waals surface area contributed by atoms with Crippen LogP contribution in [0.15, 0.2) is 50.6 Å². The lowest BCUT2D eigenvalue weighted by Gasteiger charge is -2.17. The van der Waals surface area contributed by atoms with Gasteiger partial charge in [-0.15, -0.1) is 0 Å². The van der Waals surface area contributed by atoms with E-state index in [1.807, 2.05) is 13.8 Å². The van der Waals surface area contributed by atoms with E-state index in [1.54, 1.807) is 0 Å². The van der Waals surface area contributed by atoms with Crippen molar-refractivity contribution < 1.29 is 167 Å². The molecule has 4 aliphatic heterocycles. The van der Waals surface area contributed by atoms with Crippen molar-refractivity contribution in [3.63, 3.8) is 0 Å². The van der Waals surface area contributed by atoms with Crippen LogP contribution in [-0.4, -0.2) is 341 Å². The minimum Gasteiger partial charge on any atom is -0.481 e. The maximum absolute atomic E-state index is 11.3. The normalized spacial score (nSPS) is 26.3. The molecule has 0 saturated carbocycles. The van der Waals surface area contributed by atoms with Gasteiger partial charge in [0.15, 0.2) is 92.8 Å². The zero-order valence-corrected chi connectivity index (χ0v) is 62.2. The first kappa shape index (κ1) is 88.9. The Morgan fingerprint density at radius 3 is 0.750 bits per heavy atom. The van der Waals surface area contributed by atoms with Crippen LogP contribution >= 0.6 is 15.2 Å². The third kappa shape index (κ3) is 21.2. The summed E-state index contributed by atoms with van der Waals surface area (Å²) in [6, 6.07) is -5.79. The molecule has 4 fully saturated rings. The van der Waals surface area contributed by atoms with Crippen molar-refractivity contribution in [2.45, 2.75) is 175 Å². The number of aliphatic carboxylic acids is 8. The zero-order chi connectivity index (χ0) is 85.3. The summed E-state index contributed by atoms with van der Waals surface area (Å²) in [6.45, 7) is 4.64. The number of nitrogens with one attached hydrogen (secondary N) is 4. The van der Waals surface area contributed by atoms with Gasteiger partial charge in [-0.25, -0.2) is 79.0 Å². The van der Waals surface area contributed by atoms with Gasteiger partial charge in [0, 0.05) is 13.3 Å². The lowest BCUT2D eigenvalue weighted by atomic mass is 10.1. The fraction of sp³-hybridized carbons (Fsp3) is 0.533. The Morgan fingerprint density at radius 1 is 0.362 bits per heavy atom. The molecule has 0 aromatic carbocycles. The molecule has 56 heteroatoms. The maximum atomic E-state index is 11.3. The van der Waals surface area contributed by atoms with Gasteiger partial charge in [0.05, 0.1) is 76.4 Å². The van der Waals surface area contributed by atoms with Crippen molar-refractivity contribution in [3.05, 3.63) is 50.6 Å². The number of carbonyl (C=O) groups is 8. The van der Waals surface area contributed by atoms with Gasteiger partial charge < -0.3 is 141 Å². The number of hydrogen-bond acceptors (Lipinski definition) is 40. The summed E-state index contributed by atoms with van der Waals surface area (Å²) >= 11 is 0. The number of aliphatic hydroxyl groups excluding tert-OH is 8. The van der Waals surface area contributed by atoms with E-state index in [-0.39, 0.29) is 67.9 Å². The first-order valence-corrected chi connectivity index (χ1v) is 38.2. The van der Waals surface area contributed by atoms with Crippen LogP contribution in [0, 0.1) is 0 Å². The molecule has 12 heterocycles. The molecule has 0 spiro atoms. The Labute approximate surface area is 647 Å². The second kappa shape index (κ2) is 37.7. The fourth-order valence-electron chi connectivity index (χ4n) is 11.9. The molecule has 4 aliphatic rings. The SMILES string of the molecule is CCC1O[C@H](n2cnc3c(N[C@@H](CC(=O)O)C(=O)O)ncnc32)[C@@H](O)[C@H]1O.CCC1O[C@H](n2cnc3c(N[C@H](CC(=O)O)C(=O)O)ncnc32)[C@@H](O)[C@H]1O.CP(=O)(O)OCC1O[C@H](n2cnc3c(N[C@@H](CC(=O)O)C(=O)O)ncnc32)[C@@H](O)[C@H]1O.CP(=O)(O)OCC1O[C@H](n2cnc3c(N[C@H](CC(=O)O)C(=O)O)ncnc32)[C@@H](O)[C@H]1O. The number of ether oxygens (including phenoxy) is 4. The topological polar surface area (TPSA) is 813 Å². The average molecular weight is 1690 g/mol. The number of nitrogens with zero attached hydrogens (tertiary/aromatic N) is 16. The summed E-state index contributed by atoms with van der Waals surface area (Å²) in [7, 11) is -7.67. The number of hydrogen-bond donors (Lipinski definition) is 22. The third-order valence-electron chi connectivity index (χ3n) is 17.6. The standard InChI is InChI=1S/2C15H20N5O10P.2C15H19N5O7/c2*1-31(27,28)29-3-7-10(23)11(24)14(30-7)20-5-18-9-12(16-4-17-13(9)20)19-6(15(25)26)2-8(21)22;2*1-2-7-10(23)11(24)14(27-7)20-5-18-9-12(16-4-17-13(9)20)19-6(15(25)26)3-8(21)22/h2*4-7,10-11,14,23-24H,2-3H2,1H3,(H,21,22)(H,25,26)(H,27,28)(H,16,17,19);2*4-7,10-11,14,23-24H,2-3H2,1H3,(H,21,22)(H,25,26)(H,16,17,19)/t6-,7?,10+,11+,14+;6-,7?,10-,11-,14-;6-,7?,10+,11+,14+;6-,7?,10-,11-,14-/m1010/s1. The molecule has 632 valence electrons. The molecule has 0 aliphatic carbocycles. The van der Waals surface area contributed by atoms with Gasteiger partial charge in [0.2, 0.25) is 0 Å². The highest BCUT2D eigenvalue weighted by Crippen LogP contribution is 2.42. The number of aromatic nitrogens is 16. The Kier molecular flexibility index (Phi) is 28.9. The van der Waals surface area contributed by atoms with Crippen molar-refractivity contribution in [2.24, 2.45) is 0 Å². The summed E-state index contributed by atoms with van der Waals surface area (Å²) in [6.07, 6.45) is -10.2. The van der Waals surface area contributed by atoms with Crippen LogP contribution in [0.3, 0.4) is 0 Å². The quantitative estimate of drug-likeness (QED) is 0.0177. The predicted molar refractivity (Wildman–Crippen MR) is 378 cm³/mol. The van der Waals surface area contributed by atoms with Crippen LogP contribution in [0.2, 0.25) is 0 Å². The van der Waals surface area contributed by atoms with Crippen molar-refractivity contribution in [1.29, 1.82) is 0 Å². The minimum atomic E-state index is -3.83. The smallest absolute Gasteiger partial charge is 0.326 e. The molecule has 0 radical (unpaired) electrons. The van der Waals surface area contributed by atoms with E-state index in [2.05, 4.69) is 81.1 Å². The van der Waals surface area contributed by atoms with Gasteiger partial charge in [-0.2, -0.15) is 0 Å². The lowest BCUT2D eigenvalue weighted by molar-refractivity contribution is -0.144. The Balaban J connectivity index is 0.000000177. The number of rotatable bonds is 32. The summed E-state index contributed by atoms with van der Waals surface area (Å²) in [5.41, 5.74) is 1.16. The molecule has 12 rings (SSSR count). The summed E-state index contributed by atoms with van der Waals surface area (Å²) in [4.78, 5) is 155. The Morgan fingerprint density at radius 2 is 0.569 bits per heavy atom. The van der Waals surface area contributed by atoms with Gasteiger partial charge in [-0.05, 0) is 12.8 Å². The number of imidazole rings is 4. The van der Waals surface area contributed by atoms with Crippen molar-refractivity contribution in [1.82, 2.24) is 78.1 Å². The van der Waals surface area contributed by atoms with E-state index >= 15 is 0 Å². The summed E-state index contributed by atoms with van der Waals surface area (Å²) in [5.74, 6) is -10.8. The number of aliphatic hydroxyl groups is 8. The van der Waals surface area contributed by atoms with E-state index < -0.39 is 224 Å². The molecule has 22 atom stereocenters. The number of fused-ring (bicyclic) bond motifs is 4. The first-order chi connectivity index (χ1) is 54.6. The fourth-order valence-corrected chi connectivity index (χ4v) is 12.8. The van der Waals surface area contributed by atoms with Gasteiger partial charge in [-0.1, -0.05) is 13.8 Å². The molecule has 0 bridgehead atoms. The van der Waals surface area contributed by atoms with E-state index in [0.29, 0.717) is 12.8 Å². The van der Waals surface area contributed by atoms with Crippen LogP contribution in [0.5, 0.6) is 0 Å². The second-order valence-electron chi connectivity index (χ2n) is 25.9. The molecule has 0 amide bonds. The Hall–Kier alpha value is -11.0. The van der Waals surface area contributed by atoms with Crippen LogP contribution < -0.4 is 21.3 Å². The van der Waals surface area contributed by atoms with Crippen LogP contribution in [0.25, 0.3) is 44.7 Å². The highest BCUT2D eigenvalue weighted by atomic mass is 31.2. The molecule has 8 aromatic heterocycles. The van der Waals surface area contributed by atoms with Gasteiger partial charge >= 0.3 is 62.9 Å². The van der Waals surface area contributed by atoms with Gasteiger partial charge in [-0.3, -0.25) is 46.6 Å². The summed E-state index contributed by atoms with van der Waals surface area (Å²) in [5, 5.41) is 164. The van der Waals surface area contributed by atoms with E-state index in [4.69, 9.17) is 48.4 Å². The molecule has 54 nitrogen and oxygen atoms in total. The molecule has 22 N–H and O–H groups in total. The van der Waals surface area contributed by atoms with Crippen LogP contribution in [0.1, 0.15) is 77.3 Å². The van der Waals surface area contributed by atoms with Gasteiger partial charge in [0.25, 0.3) is 0 Å². The lowest BCUT2D eigenvalue weighted by Crippen LogP contribution is -2.33. The number of carboxylic acids is 8. The van der Waals surface area contributed by atoms with E-state index in [9.17, 15) is 119 Å². The van der Waals surface area contributed by atoms with Crippen LogP contribution in [-0.2, 0) is 75.5 Å². The third-order valence-corrected chi connectivity index (χ3v) is 18.8. The van der Waals surface area contributed by atoms with E-state index in [0.717, 1.165) is 38.6 Å². The molecule has 8 aromatic rings. The second-order valence-corrected chi connectivity index (χ2v) is 29.6. The maximum Gasteiger partial charge on any atom is 0.326 e. The monoisotopic (exact) mass is 1680 g/mol. The molecular formula is C60H78N20O34P2. The molecule has 6 unspecified atom stereocenters. The highest BCUT2D eigenvalue weighted by molar-refractivity contribution is 7.52. The molecular weight excluding hydrogens is 1610 g/mol. The molecule has 116 heavy (non-hydrogen) atoms. The van der Waals surface area contributed by atoms with Gasteiger partial charge in [0.1, 0.15) is 111 Å². The summed E-state index contributed by atoms with van der Waals surface area (Å²) < 4.78 is 59.9. The van der Waals surface area contributed by atoms with Crippen molar-refractivity contribution in [3.8, 4) is 0 Å². The zero-order valence-electron chi connectivity index (χ0n) is 60.5. The minimum absolute atomic E-state index is 0.0347. The predicted octanol–water partition coefficient (Wildman–Crippen LogP) is -4.38. The van der Waals surface area contributed by atoms with Crippen molar-refractivity contribution >= 4 is 131 Å². The van der Waals surface area contributed by atoms with Crippen molar-refractivity contribution in [2.75, 3.05) is 47.8 Å². The Bertz CT molecular complexity index is 4670. The first-order valence-electron chi connectivity index (χ1n) is 34.1.